The third-order valence-corrected chi connectivity index (χ3v) is 6.01. The number of benzene rings is 3. The van der Waals surface area contributed by atoms with Crippen LogP contribution in [0.1, 0.15) is 45.5 Å². The van der Waals surface area contributed by atoms with Crippen LogP contribution in [0, 0.1) is 11.6 Å². The first-order chi connectivity index (χ1) is 16.4. The van der Waals surface area contributed by atoms with Crippen LogP contribution in [0.15, 0.2) is 60.7 Å². The number of fused-ring (bicyclic) bond motifs is 3. The lowest BCUT2D eigenvalue weighted by Gasteiger charge is -2.20. The van der Waals surface area contributed by atoms with E-state index in [2.05, 4.69) is 5.32 Å². The zero-order chi connectivity index (χ0) is 24.2. The standard InChI is InChI=1S/C26H23F2NO5/c27-22-10-9-19(24(28)20(22)13-30)25(32)23(31)11-12-29-26(33)34-14-21-17-7-3-1-5-15(17)16-6-2-4-8-18(16)21/h1-10,13,21,23,25,31-32H,11-12,14H2,(H,29,33). The minimum absolute atomic E-state index is 0.00592. The van der Waals surface area contributed by atoms with Crippen LogP contribution in [-0.4, -0.2) is 41.8 Å². The molecule has 0 aromatic heterocycles. The van der Waals surface area contributed by atoms with Gasteiger partial charge in [0, 0.05) is 18.0 Å². The summed E-state index contributed by atoms with van der Waals surface area (Å²) in [5.74, 6) is -2.39. The van der Waals surface area contributed by atoms with Gasteiger partial charge in [-0.3, -0.25) is 4.79 Å². The minimum Gasteiger partial charge on any atom is -0.449 e. The van der Waals surface area contributed by atoms with Crippen molar-refractivity contribution in [3.05, 3.63) is 94.6 Å². The van der Waals surface area contributed by atoms with Crippen molar-refractivity contribution in [3.8, 4) is 11.1 Å². The summed E-state index contributed by atoms with van der Waals surface area (Å²) in [7, 11) is 0. The van der Waals surface area contributed by atoms with Crippen molar-refractivity contribution in [1.82, 2.24) is 5.32 Å². The summed E-state index contributed by atoms with van der Waals surface area (Å²) in [5.41, 5.74) is 3.14. The second-order valence-corrected chi connectivity index (χ2v) is 8.04. The molecule has 0 saturated carbocycles. The summed E-state index contributed by atoms with van der Waals surface area (Å²) in [4.78, 5) is 23.0. The molecule has 176 valence electrons. The number of nitrogens with one attached hydrogen (secondary N) is 1. The molecule has 2 atom stereocenters. The lowest BCUT2D eigenvalue weighted by molar-refractivity contribution is 0.0115. The van der Waals surface area contributed by atoms with Crippen LogP contribution in [0.5, 0.6) is 0 Å². The lowest BCUT2D eigenvalue weighted by Crippen LogP contribution is -2.31. The first-order valence-electron chi connectivity index (χ1n) is 10.8. The number of hydrogen-bond donors (Lipinski definition) is 3. The number of amides is 1. The molecule has 0 radical (unpaired) electrons. The molecule has 4 rings (SSSR count). The summed E-state index contributed by atoms with van der Waals surface area (Å²) in [6.07, 6.45) is -3.98. The maximum Gasteiger partial charge on any atom is 0.407 e. The van der Waals surface area contributed by atoms with Crippen molar-refractivity contribution >= 4 is 12.4 Å². The molecular weight excluding hydrogens is 444 g/mol. The number of carbonyl (C=O) groups excluding carboxylic acids is 2. The molecule has 6 nitrogen and oxygen atoms in total. The van der Waals surface area contributed by atoms with Crippen LogP contribution in [0.2, 0.25) is 0 Å². The quantitative estimate of drug-likeness (QED) is 0.434. The summed E-state index contributed by atoms with van der Waals surface area (Å²) < 4.78 is 33.1. The molecule has 1 aliphatic rings. The van der Waals surface area contributed by atoms with Crippen LogP contribution < -0.4 is 5.32 Å². The molecule has 0 bridgehead atoms. The van der Waals surface area contributed by atoms with Gasteiger partial charge in [-0.2, -0.15) is 0 Å². The molecule has 8 heteroatoms. The Morgan fingerprint density at radius 2 is 1.62 bits per heavy atom. The molecule has 3 aromatic rings. The predicted molar refractivity (Wildman–Crippen MR) is 120 cm³/mol. The minimum atomic E-state index is -1.70. The third-order valence-electron chi connectivity index (χ3n) is 6.01. The van der Waals surface area contributed by atoms with Gasteiger partial charge < -0.3 is 20.3 Å². The van der Waals surface area contributed by atoms with Crippen molar-refractivity contribution in [1.29, 1.82) is 0 Å². The highest BCUT2D eigenvalue weighted by atomic mass is 19.1. The Bertz CT molecular complexity index is 1170. The highest BCUT2D eigenvalue weighted by Gasteiger charge is 2.29. The van der Waals surface area contributed by atoms with Gasteiger partial charge in [0.05, 0.1) is 11.7 Å². The fourth-order valence-electron chi connectivity index (χ4n) is 4.26. The Morgan fingerprint density at radius 3 is 2.24 bits per heavy atom. The van der Waals surface area contributed by atoms with Crippen LogP contribution >= 0.6 is 0 Å². The van der Waals surface area contributed by atoms with E-state index < -0.39 is 41.1 Å². The number of alkyl carbamates (subject to hydrolysis) is 1. The van der Waals surface area contributed by atoms with E-state index in [0.29, 0.717) is 0 Å². The molecule has 0 aliphatic heterocycles. The Balaban J connectivity index is 1.30. The van der Waals surface area contributed by atoms with E-state index in [0.717, 1.165) is 34.4 Å². The molecule has 3 aromatic carbocycles. The van der Waals surface area contributed by atoms with E-state index in [4.69, 9.17) is 4.74 Å². The number of aliphatic hydroxyl groups is 2. The molecule has 1 aliphatic carbocycles. The smallest absolute Gasteiger partial charge is 0.407 e. The topological polar surface area (TPSA) is 95.9 Å². The highest BCUT2D eigenvalue weighted by Crippen LogP contribution is 2.44. The highest BCUT2D eigenvalue weighted by molar-refractivity contribution is 5.79. The van der Waals surface area contributed by atoms with Gasteiger partial charge in [-0.15, -0.1) is 0 Å². The molecule has 3 N–H and O–H groups in total. The van der Waals surface area contributed by atoms with Gasteiger partial charge in [-0.05, 0) is 34.7 Å². The number of carbonyl (C=O) groups is 2. The van der Waals surface area contributed by atoms with E-state index in [-0.39, 0.29) is 31.8 Å². The Kier molecular flexibility index (Phi) is 7.00. The lowest BCUT2D eigenvalue weighted by atomic mass is 9.98. The monoisotopic (exact) mass is 467 g/mol. The molecule has 0 fully saturated rings. The van der Waals surface area contributed by atoms with E-state index in [9.17, 15) is 28.6 Å². The number of rotatable bonds is 8. The molecular formula is C26H23F2NO5. The Labute approximate surface area is 194 Å². The summed E-state index contributed by atoms with van der Waals surface area (Å²) >= 11 is 0. The van der Waals surface area contributed by atoms with Crippen LogP contribution in [0.25, 0.3) is 11.1 Å². The zero-order valence-electron chi connectivity index (χ0n) is 18.1. The number of ether oxygens (including phenoxy) is 1. The number of aldehydes is 1. The third kappa shape index (κ3) is 4.55. The average Bonchev–Trinajstić information content (AvgIpc) is 3.16. The second-order valence-electron chi connectivity index (χ2n) is 8.04. The maximum atomic E-state index is 14.2. The first kappa shape index (κ1) is 23.5. The molecule has 0 heterocycles. The predicted octanol–water partition coefficient (Wildman–Crippen LogP) is 4.10. The van der Waals surface area contributed by atoms with E-state index in [1.165, 1.54) is 0 Å². The summed E-state index contributed by atoms with van der Waals surface area (Å²) in [5, 5.41) is 22.9. The molecule has 0 saturated heterocycles. The van der Waals surface area contributed by atoms with Crippen LogP contribution in [-0.2, 0) is 4.74 Å². The van der Waals surface area contributed by atoms with E-state index >= 15 is 0 Å². The van der Waals surface area contributed by atoms with Crippen molar-refractivity contribution in [2.45, 2.75) is 24.5 Å². The van der Waals surface area contributed by atoms with Gasteiger partial charge in [0.15, 0.2) is 6.29 Å². The SMILES string of the molecule is O=Cc1c(F)ccc(C(O)C(O)CCNC(=O)OCC2c3ccccc3-c3ccccc32)c1F. The fourth-order valence-corrected chi connectivity index (χ4v) is 4.26. The van der Waals surface area contributed by atoms with Crippen LogP contribution in [0.3, 0.4) is 0 Å². The zero-order valence-corrected chi connectivity index (χ0v) is 18.1. The molecule has 34 heavy (non-hydrogen) atoms. The van der Waals surface area contributed by atoms with Gasteiger partial charge in [0.1, 0.15) is 24.3 Å². The average molecular weight is 467 g/mol. The van der Waals surface area contributed by atoms with Gasteiger partial charge >= 0.3 is 6.09 Å². The number of hydrogen-bond acceptors (Lipinski definition) is 5. The normalized spacial score (nSPS) is 14.1. The second kappa shape index (κ2) is 10.1. The van der Waals surface area contributed by atoms with Crippen molar-refractivity contribution in [2.24, 2.45) is 0 Å². The largest absolute Gasteiger partial charge is 0.449 e. The van der Waals surface area contributed by atoms with Gasteiger partial charge in [0.25, 0.3) is 0 Å². The Hall–Kier alpha value is -3.62. The summed E-state index contributed by atoms with van der Waals surface area (Å²) in [6, 6.07) is 17.7. The van der Waals surface area contributed by atoms with Gasteiger partial charge in [0.2, 0.25) is 0 Å². The number of aliphatic hydroxyl groups excluding tert-OH is 2. The van der Waals surface area contributed by atoms with E-state index in [1.807, 2.05) is 48.5 Å². The number of halogens is 2. The molecule has 1 amide bonds. The fraction of sp³-hybridized carbons (Fsp3) is 0.231. The maximum absolute atomic E-state index is 14.2. The molecule has 2 unspecified atom stereocenters. The Morgan fingerprint density at radius 1 is 1.00 bits per heavy atom. The van der Waals surface area contributed by atoms with Crippen molar-refractivity contribution in [3.63, 3.8) is 0 Å². The van der Waals surface area contributed by atoms with Crippen LogP contribution in [0.4, 0.5) is 13.6 Å². The van der Waals surface area contributed by atoms with Gasteiger partial charge in [-0.1, -0.05) is 54.6 Å². The van der Waals surface area contributed by atoms with Crippen molar-refractivity contribution < 1.29 is 33.3 Å². The first-order valence-corrected chi connectivity index (χ1v) is 10.8. The van der Waals surface area contributed by atoms with Crippen molar-refractivity contribution in [2.75, 3.05) is 13.2 Å². The van der Waals surface area contributed by atoms with E-state index in [1.54, 1.807) is 0 Å². The summed E-state index contributed by atoms with van der Waals surface area (Å²) in [6.45, 7) is 0.0680. The van der Waals surface area contributed by atoms with Gasteiger partial charge in [-0.25, -0.2) is 13.6 Å². The molecule has 0 spiro atoms.